The zero-order valence-corrected chi connectivity index (χ0v) is 10.9. The van der Waals surface area contributed by atoms with Gasteiger partial charge in [0.25, 0.3) is 0 Å². The Morgan fingerprint density at radius 1 is 0.412 bits per heavy atom. The summed E-state index contributed by atoms with van der Waals surface area (Å²) in [6, 6.07) is 0. The van der Waals surface area contributed by atoms with Crippen molar-refractivity contribution in [1.29, 1.82) is 0 Å². The molecule has 0 saturated carbocycles. The van der Waals surface area contributed by atoms with Gasteiger partial charge >= 0.3 is 0 Å². The minimum atomic E-state index is -1.75. The summed E-state index contributed by atoms with van der Waals surface area (Å²) in [4.78, 5) is 33.0. The van der Waals surface area contributed by atoms with Crippen LogP contribution in [-0.2, 0) is 0 Å². The van der Waals surface area contributed by atoms with Gasteiger partial charge in [-0.05, 0) is 0 Å². The fraction of sp³-hybridized carbons (Fsp3) is 0. The molecule has 1 radical (unpaired) electrons. The van der Waals surface area contributed by atoms with Crippen molar-refractivity contribution >= 4 is 0 Å². The van der Waals surface area contributed by atoms with Gasteiger partial charge in [0, 0.05) is 35.6 Å². The second kappa shape index (κ2) is 23.7. The Bertz CT molecular complexity index is 159. The molecule has 0 aliphatic heterocycles. The van der Waals surface area contributed by atoms with Crippen LogP contribution >= 0.6 is 0 Å². The van der Waals surface area contributed by atoms with Crippen molar-refractivity contribution in [2.24, 2.45) is 0 Å². The fourth-order valence-corrected chi connectivity index (χ4v) is 0. The van der Waals surface area contributed by atoms with Crippen LogP contribution in [0.3, 0.4) is 0 Å². The molecule has 0 aliphatic rings. The molecule has 0 spiro atoms. The van der Waals surface area contributed by atoms with E-state index in [1.807, 2.05) is 0 Å². The molecule has 0 aromatic heterocycles. The van der Waals surface area contributed by atoms with Gasteiger partial charge in [0.1, 0.15) is 0 Å². The molecule has 17 heteroatoms. The van der Waals surface area contributed by atoms with Gasteiger partial charge in [-0.25, -0.2) is 0 Å². The van der Waals surface area contributed by atoms with Gasteiger partial charge in [-0.3, -0.25) is 0 Å². The fourth-order valence-electron chi connectivity index (χ4n) is 0. The van der Waals surface area contributed by atoms with Gasteiger partial charge in [-0.2, -0.15) is 0 Å². The van der Waals surface area contributed by atoms with Crippen molar-refractivity contribution in [3.05, 3.63) is 61.3 Å². The summed E-state index contributed by atoms with van der Waals surface area (Å²) in [5.74, 6) is 0. The third kappa shape index (κ3) is 501. The molecule has 0 aromatic rings. The Kier molecular flexibility index (Phi) is 40.9. The Balaban J connectivity index is -0.0000000369. The zero-order valence-electron chi connectivity index (χ0n) is 7.27. The zero-order chi connectivity index (χ0) is 14.3. The SMILES string of the molecule is O=[N+]([O-])[O-].O=[N+]([O-])[O-].O=[N+]([O-])[O-].O=[N+]([O-])[O-].[La]. The number of nitrogens with zero attached hydrogens (tertiary/aromatic N) is 4. The third-order valence-electron chi connectivity index (χ3n) is 0. The summed E-state index contributed by atoms with van der Waals surface area (Å²) in [7, 11) is 0. The van der Waals surface area contributed by atoms with Crippen LogP contribution in [0.4, 0.5) is 0 Å². The van der Waals surface area contributed by atoms with Crippen molar-refractivity contribution in [3.8, 4) is 0 Å². The normalized spacial score (nSPS) is 5.65. The van der Waals surface area contributed by atoms with Crippen molar-refractivity contribution in [1.82, 2.24) is 0 Å². The predicted octanol–water partition coefficient (Wildman–Crippen LogP) is -0.956. The van der Waals surface area contributed by atoms with E-state index in [1.165, 1.54) is 0 Å². The maximum atomic E-state index is 8.25. The van der Waals surface area contributed by atoms with E-state index in [0.717, 1.165) is 0 Å². The third-order valence-corrected chi connectivity index (χ3v) is 0. The van der Waals surface area contributed by atoms with Crippen LogP contribution in [-0.4, -0.2) is 20.3 Å². The van der Waals surface area contributed by atoms with Crippen LogP contribution < -0.4 is 0 Å². The van der Waals surface area contributed by atoms with Crippen molar-refractivity contribution in [2.75, 3.05) is 0 Å². The van der Waals surface area contributed by atoms with Crippen LogP contribution in [0.25, 0.3) is 0 Å². The summed E-state index contributed by atoms with van der Waals surface area (Å²) in [5.41, 5.74) is 0. The summed E-state index contributed by atoms with van der Waals surface area (Å²) in [5, 5.41) is 59.0. The molecule has 0 heterocycles. The largest absolute Gasteiger partial charge is 0.356 e. The first-order valence-corrected chi connectivity index (χ1v) is 2.19. The van der Waals surface area contributed by atoms with Gasteiger partial charge in [0.05, 0.1) is 20.3 Å². The molecule has 0 bridgehead atoms. The summed E-state index contributed by atoms with van der Waals surface area (Å²) < 4.78 is 0. The van der Waals surface area contributed by atoms with E-state index < -0.39 is 20.3 Å². The van der Waals surface area contributed by atoms with Gasteiger partial charge in [0.15, 0.2) is 0 Å². The topological polar surface area (TPSA) is 265 Å². The van der Waals surface area contributed by atoms with Gasteiger partial charge in [-0.15, -0.1) is 0 Å². The Morgan fingerprint density at radius 2 is 0.412 bits per heavy atom. The first-order valence-electron chi connectivity index (χ1n) is 2.19. The predicted molar refractivity (Wildman–Crippen MR) is 41.4 cm³/mol. The Labute approximate surface area is 117 Å². The van der Waals surface area contributed by atoms with Crippen LogP contribution in [0.1, 0.15) is 0 Å². The quantitative estimate of drug-likeness (QED) is 0.359. The van der Waals surface area contributed by atoms with Crippen molar-refractivity contribution < 1.29 is 55.9 Å². The maximum absolute atomic E-state index is 8.25. The molecule has 0 aliphatic carbocycles. The van der Waals surface area contributed by atoms with Crippen molar-refractivity contribution in [2.45, 2.75) is 0 Å². The molecule has 0 aromatic carbocycles. The van der Waals surface area contributed by atoms with Crippen LogP contribution in [0.15, 0.2) is 0 Å². The number of rotatable bonds is 0. The summed E-state index contributed by atoms with van der Waals surface area (Å²) >= 11 is 0. The first kappa shape index (κ1) is 29.4. The van der Waals surface area contributed by atoms with E-state index in [4.69, 9.17) is 61.3 Å². The van der Waals surface area contributed by atoms with Crippen molar-refractivity contribution in [3.63, 3.8) is 0 Å². The molecule has 99 valence electrons. The monoisotopic (exact) mass is 387 g/mol. The van der Waals surface area contributed by atoms with E-state index >= 15 is 0 Å². The average Bonchev–Trinajstić information content (AvgIpc) is 1.76. The molecule has 16 nitrogen and oxygen atoms in total. The minimum Gasteiger partial charge on any atom is -0.356 e. The standard InChI is InChI=1S/La.4NO3/c;4*2-1(3)4/q;4*-1. The van der Waals surface area contributed by atoms with E-state index in [-0.39, 0.29) is 35.6 Å². The molecular weight excluding hydrogens is 387 g/mol. The Hall–Kier alpha value is -2.01. The molecule has 0 amide bonds. The second-order valence-corrected chi connectivity index (χ2v) is 0.894. The second-order valence-electron chi connectivity index (χ2n) is 0.894. The van der Waals surface area contributed by atoms with Crippen LogP contribution in [0.5, 0.6) is 0 Å². The number of hydrogen-bond acceptors (Lipinski definition) is 12. The molecule has 0 N–H and O–H groups in total. The van der Waals surface area contributed by atoms with Crippen LogP contribution in [0, 0.1) is 96.9 Å². The van der Waals surface area contributed by atoms with Crippen LogP contribution in [0.2, 0.25) is 0 Å². The Morgan fingerprint density at radius 3 is 0.412 bits per heavy atom. The molecule has 0 atom stereocenters. The first-order chi connectivity index (χ1) is 6.93. The summed E-state index contributed by atoms with van der Waals surface area (Å²) in [6.07, 6.45) is 0. The van der Waals surface area contributed by atoms with E-state index in [0.29, 0.717) is 0 Å². The van der Waals surface area contributed by atoms with E-state index in [2.05, 4.69) is 0 Å². The van der Waals surface area contributed by atoms with E-state index in [1.54, 1.807) is 0 Å². The molecule has 0 unspecified atom stereocenters. The minimum absolute atomic E-state index is 0. The smallest absolute Gasteiger partial charge is 0.0689 e. The van der Waals surface area contributed by atoms with Gasteiger partial charge in [-0.1, -0.05) is 0 Å². The molecule has 0 rings (SSSR count). The molecular formula is LaN4O12-4. The molecule has 0 fully saturated rings. The average molecular weight is 387 g/mol. The summed E-state index contributed by atoms with van der Waals surface area (Å²) in [6.45, 7) is 0. The van der Waals surface area contributed by atoms with E-state index in [9.17, 15) is 0 Å². The van der Waals surface area contributed by atoms with Gasteiger partial charge in [0.2, 0.25) is 0 Å². The molecule has 0 saturated heterocycles. The van der Waals surface area contributed by atoms with Gasteiger partial charge < -0.3 is 61.3 Å². The maximum Gasteiger partial charge on any atom is 0.0689 e. The molecule has 17 heavy (non-hydrogen) atoms. The number of hydrogen-bond donors (Lipinski definition) is 0.